The van der Waals surface area contributed by atoms with Crippen molar-refractivity contribution in [3.05, 3.63) is 0 Å². The third-order valence-corrected chi connectivity index (χ3v) is 3.18. The molecule has 0 saturated heterocycles. The third-order valence-electron chi connectivity index (χ3n) is 3.18. The van der Waals surface area contributed by atoms with Crippen molar-refractivity contribution in [3.63, 3.8) is 0 Å². The van der Waals surface area contributed by atoms with Crippen molar-refractivity contribution in [2.24, 2.45) is 17.6 Å². The standard InChI is InChI=1S/C11H23N3O/c1-2-6-13-11(15)14-8-10-5-3-4-9(10)7-12/h9-10H,2-8,12H2,1H3,(H2,13,14,15). The zero-order valence-corrected chi connectivity index (χ0v) is 9.59. The van der Waals surface area contributed by atoms with Gasteiger partial charge >= 0.3 is 6.03 Å². The van der Waals surface area contributed by atoms with E-state index in [9.17, 15) is 4.79 Å². The van der Waals surface area contributed by atoms with Crippen LogP contribution < -0.4 is 16.4 Å². The molecule has 4 N–H and O–H groups in total. The molecule has 4 nitrogen and oxygen atoms in total. The molecule has 0 radical (unpaired) electrons. The molecule has 2 amide bonds. The van der Waals surface area contributed by atoms with Crippen LogP contribution in [0.4, 0.5) is 4.79 Å². The molecule has 0 spiro atoms. The molecule has 2 atom stereocenters. The highest BCUT2D eigenvalue weighted by molar-refractivity contribution is 5.73. The number of hydrogen-bond donors (Lipinski definition) is 3. The lowest BCUT2D eigenvalue weighted by Gasteiger charge is -2.18. The average Bonchev–Trinajstić information content (AvgIpc) is 2.70. The first-order chi connectivity index (χ1) is 7.27. The second-order valence-electron chi connectivity index (χ2n) is 4.32. The summed E-state index contributed by atoms with van der Waals surface area (Å²) in [6.07, 6.45) is 4.66. The lowest BCUT2D eigenvalue weighted by Crippen LogP contribution is -2.39. The van der Waals surface area contributed by atoms with E-state index in [-0.39, 0.29) is 6.03 Å². The summed E-state index contributed by atoms with van der Waals surface area (Å²) in [5.41, 5.74) is 5.68. The Morgan fingerprint density at radius 3 is 2.73 bits per heavy atom. The van der Waals surface area contributed by atoms with E-state index in [1.54, 1.807) is 0 Å². The smallest absolute Gasteiger partial charge is 0.314 e. The molecule has 1 aliphatic rings. The Hall–Kier alpha value is -0.770. The molecule has 0 aromatic heterocycles. The van der Waals surface area contributed by atoms with E-state index in [0.29, 0.717) is 11.8 Å². The number of amides is 2. The van der Waals surface area contributed by atoms with Gasteiger partial charge in [-0.15, -0.1) is 0 Å². The van der Waals surface area contributed by atoms with Gasteiger partial charge in [-0.2, -0.15) is 0 Å². The molecular weight excluding hydrogens is 190 g/mol. The summed E-state index contributed by atoms with van der Waals surface area (Å²) in [6, 6.07) is -0.0421. The molecule has 15 heavy (non-hydrogen) atoms. The SMILES string of the molecule is CCCNC(=O)NCC1CCCC1CN. The van der Waals surface area contributed by atoms with Crippen molar-refractivity contribution < 1.29 is 4.79 Å². The molecule has 0 aromatic rings. The van der Waals surface area contributed by atoms with Crippen LogP contribution in [0.2, 0.25) is 0 Å². The minimum Gasteiger partial charge on any atom is -0.338 e. The fourth-order valence-electron chi connectivity index (χ4n) is 2.22. The largest absolute Gasteiger partial charge is 0.338 e. The maximum Gasteiger partial charge on any atom is 0.314 e. The molecule has 4 heteroatoms. The van der Waals surface area contributed by atoms with Gasteiger partial charge < -0.3 is 16.4 Å². The van der Waals surface area contributed by atoms with Gasteiger partial charge in [0.25, 0.3) is 0 Å². The van der Waals surface area contributed by atoms with Gasteiger partial charge in [0, 0.05) is 13.1 Å². The minimum atomic E-state index is -0.0421. The van der Waals surface area contributed by atoms with E-state index in [1.165, 1.54) is 19.3 Å². The zero-order valence-electron chi connectivity index (χ0n) is 9.59. The van der Waals surface area contributed by atoms with Crippen LogP contribution >= 0.6 is 0 Å². The Kier molecular flexibility index (Phi) is 5.47. The Morgan fingerprint density at radius 1 is 1.33 bits per heavy atom. The minimum absolute atomic E-state index is 0.0421. The van der Waals surface area contributed by atoms with Gasteiger partial charge in [-0.05, 0) is 37.6 Å². The van der Waals surface area contributed by atoms with Crippen molar-refractivity contribution in [2.75, 3.05) is 19.6 Å². The Morgan fingerprint density at radius 2 is 2.07 bits per heavy atom. The second kappa shape index (κ2) is 6.67. The molecule has 0 aromatic carbocycles. The second-order valence-corrected chi connectivity index (χ2v) is 4.32. The van der Waals surface area contributed by atoms with Crippen molar-refractivity contribution >= 4 is 6.03 Å². The van der Waals surface area contributed by atoms with Gasteiger partial charge in [0.2, 0.25) is 0 Å². The van der Waals surface area contributed by atoms with Gasteiger partial charge in [-0.25, -0.2) is 4.79 Å². The van der Waals surface area contributed by atoms with Gasteiger partial charge in [0.05, 0.1) is 0 Å². The summed E-state index contributed by atoms with van der Waals surface area (Å²) in [5.74, 6) is 1.19. The molecule has 1 rings (SSSR count). The first-order valence-corrected chi connectivity index (χ1v) is 5.99. The number of nitrogens with one attached hydrogen (secondary N) is 2. The van der Waals surface area contributed by atoms with Gasteiger partial charge in [-0.1, -0.05) is 13.3 Å². The molecule has 0 bridgehead atoms. The number of urea groups is 1. The number of hydrogen-bond acceptors (Lipinski definition) is 2. The molecule has 88 valence electrons. The summed E-state index contributed by atoms with van der Waals surface area (Å²) in [4.78, 5) is 11.3. The van der Waals surface area contributed by atoms with Crippen LogP contribution in [0.5, 0.6) is 0 Å². The van der Waals surface area contributed by atoms with E-state index in [4.69, 9.17) is 5.73 Å². The molecule has 1 aliphatic carbocycles. The van der Waals surface area contributed by atoms with E-state index in [2.05, 4.69) is 10.6 Å². The van der Waals surface area contributed by atoms with Crippen LogP contribution in [0, 0.1) is 11.8 Å². The molecule has 1 saturated carbocycles. The normalized spacial score (nSPS) is 25.2. The molecular formula is C11H23N3O. The van der Waals surface area contributed by atoms with Crippen LogP contribution in [-0.2, 0) is 0 Å². The van der Waals surface area contributed by atoms with E-state index in [1.807, 2.05) is 6.92 Å². The summed E-state index contributed by atoms with van der Waals surface area (Å²) in [5, 5.41) is 5.73. The summed E-state index contributed by atoms with van der Waals surface area (Å²) in [6.45, 7) is 4.32. The number of carbonyl (C=O) groups excluding carboxylic acids is 1. The number of carbonyl (C=O) groups is 1. The number of rotatable bonds is 5. The maximum absolute atomic E-state index is 11.3. The van der Waals surface area contributed by atoms with E-state index >= 15 is 0 Å². The lowest BCUT2D eigenvalue weighted by atomic mass is 9.96. The Bertz CT molecular complexity index is 196. The van der Waals surface area contributed by atoms with Crippen molar-refractivity contribution in [1.29, 1.82) is 0 Å². The van der Waals surface area contributed by atoms with Gasteiger partial charge in [0.1, 0.15) is 0 Å². The van der Waals surface area contributed by atoms with Gasteiger partial charge in [0.15, 0.2) is 0 Å². The topological polar surface area (TPSA) is 67.2 Å². The van der Waals surface area contributed by atoms with E-state index in [0.717, 1.165) is 26.1 Å². The molecule has 1 fully saturated rings. The Balaban J connectivity index is 2.15. The quantitative estimate of drug-likeness (QED) is 0.639. The predicted octanol–water partition coefficient (Wildman–Crippen LogP) is 1.07. The Labute approximate surface area is 92.0 Å². The summed E-state index contributed by atoms with van der Waals surface area (Å²) < 4.78 is 0. The highest BCUT2D eigenvalue weighted by Gasteiger charge is 2.25. The van der Waals surface area contributed by atoms with Crippen LogP contribution in [0.25, 0.3) is 0 Å². The zero-order chi connectivity index (χ0) is 11.1. The van der Waals surface area contributed by atoms with E-state index < -0.39 is 0 Å². The van der Waals surface area contributed by atoms with Crippen LogP contribution in [0.15, 0.2) is 0 Å². The first kappa shape index (κ1) is 12.3. The van der Waals surface area contributed by atoms with Crippen LogP contribution in [0.3, 0.4) is 0 Å². The fourth-order valence-corrected chi connectivity index (χ4v) is 2.22. The van der Waals surface area contributed by atoms with Crippen molar-refractivity contribution in [3.8, 4) is 0 Å². The lowest BCUT2D eigenvalue weighted by molar-refractivity contribution is 0.237. The fraction of sp³-hybridized carbons (Fsp3) is 0.909. The summed E-state index contributed by atoms with van der Waals surface area (Å²) >= 11 is 0. The molecule has 2 unspecified atom stereocenters. The van der Waals surface area contributed by atoms with Crippen LogP contribution in [-0.4, -0.2) is 25.7 Å². The number of nitrogens with two attached hydrogens (primary N) is 1. The maximum atomic E-state index is 11.3. The average molecular weight is 213 g/mol. The highest BCUT2D eigenvalue weighted by Crippen LogP contribution is 2.30. The predicted molar refractivity (Wildman–Crippen MR) is 61.6 cm³/mol. The molecule has 0 aliphatic heterocycles. The summed E-state index contributed by atoms with van der Waals surface area (Å²) in [7, 11) is 0. The first-order valence-electron chi connectivity index (χ1n) is 5.99. The third kappa shape index (κ3) is 4.08. The van der Waals surface area contributed by atoms with Crippen molar-refractivity contribution in [2.45, 2.75) is 32.6 Å². The van der Waals surface area contributed by atoms with Crippen molar-refractivity contribution in [1.82, 2.24) is 10.6 Å². The van der Waals surface area contributed by atoms with Gasteiger partial charge in [-0.3, -0.25) is 0 Å². The monoisotopic (exact) mass is 213 g/mol. The highest BCUT2D eigenvalue weighted by atomic mass is 16.2. The molecule has 0 heterocycles. The van der Waals surface area contributed by atoms with Crippen LogP contribution in [0.1, 0.15) is 32.6 Å².